The molecule has 0 saturated carbocycles. The van der Waals surface area contributed by atoms with Crippen LogP contribution in [0, 0.1) is 0 Å². The predicted molar refractivity (Wildman–Crippen MR) is 126 cm³/mol. The number of aromatic amines is 2. The fraction of sp³-hybridized carbons (Fsp3) is 0.320. The molecule has 0 spiro atoms. The van der Waals surface area contributed by atoms with Crippen LogP contribution in [0.3, 0.4) is 0 Å². The summed E-state index contributed by atoms with van der Waals surface area (Å²) in [5.74, 6) is 0.0911. The highest BCUT2D eigenvalue weighted by Gasteiger charge is 2.35. The van der Waals surface area contributed by atoms with Gasteiger partial charge in [0, 0.05) is 24.4 Å². The summed E-state index contributed by atoms with van der Waals surface area (Å²) in [5, 5.41) is 28.1. The molecular weight excluding hydrogens is 418 g/mol. The van der Waals surface area contributed by atoms with Crippen molar-refractivity contribution < 1.29 is 15.0 Å². The Kier molecular flexibility index (Phi) is 5.17. The Labute approximate surface area is 191 Å². The molecule has 0 saturated heterocycles. The van der Waals surface area contributed by atoms with Gasteiger partial charge in [0.25, 0.3) is 0 Å². The number of aliphatic carboxylic acids is 1. The molecule has 1 atom stereocenters. The molecule has 8 heteroatoms. The van der Waals surface area contributed by atoms with E-state index < -0.39 is 12.0 Å². The summed E-state index contributed by atoms with van der Waals surface area (Å²) in [6.07, 6.45) is 1.19. The lowest BCUT2D eigenvalue weighted by Crippen LogP contribution is -2.48. The van der Waals surface area contributed by atoms with Gasteiger partial charge in [0.15, 0.2) is 5.82 Å². The van der Waals surface area contributed by atoms with Crippen LogP contribution in [-0.4, -0.2) is 53.3 Å². The van der Waals surface area contributed by atoms with Crippen molar-refractivity contribution >= 4 is 16.9 Å². The third kappa shape index (κ3) is 3.66. The maximum Gasteiger partial charge on any atom is 0.321 e. The molecule has 170 valence electrons. The van der Waals surface area contributed by atoms with Crippen LogP contribution in [-0.2, 0) is 24.2 Å². The summed E-state index contributed by atoms with van der Waals surface area (Å²) >= 11 is 0. The SMILES string of the molecule is CCc1cc(O)ccc1-c1ccc2c(-c3nc4c([nH]3)CN(C(C)C)[C@H](C(=O)O)C4)n[nH]c2c1. The van der Waals surface area contributed by atoms with Gasteiger partial charge in [0.2, 0.25) is 0 Å². The summed E-state index contributed by atoms with van der Waals surface area (Å²) in [5.41, 5.74) is 6.55. The zero-order valence-corrected chi connectivity index (χ0v) is 18.9. The van der Waals surface area contributed by atoms with Crippen LogP contribution in [0.15, 0.2) is 36.4 Å². The number of imidazole rings is 1. The Morgan fingerprint density at radius 2 is 2.06 bits per heavy atom. The monoisotopic (exact) mass is 445 g/mol. The fourth-order valence-corrected chi connectivity index (χ4v) is 4.74. The first-order valence-corrected chi connectivity index (χ1v) is 11.2. The number of aromatic hydroxyl groups is 1. The zero-order valence-electron chi connectivity index (χ0n) is 18.9. The molecule has 0 aliphatic carbocycles. The van der Waals surface area contributed by atoms with E-state index in [9.17, 15) is 15.0 Å². The van der Waals surface area contributed by atoms with Crippen LogP contribution < -0.4 is 0 Å². The van der Waals surface area contributed by atoms with Gasteiger partial charge in [-0.3, -0.25) is 14.8 Å². The third-order valence-corrected chi connectivity index (χ3v) is 6.51. The van der Waals surface area contributed by atoms with Crippen molar-refractivity contribution in [2.24, 2.45) is 0 Å². The molecule has 2 aromatic carbocycles. The number of carboxylic acid groups (broad SMARTS) is 1. The number of phenolic OH excluding ortho intramolecular Hbond substituents is 1. The van der Waals surface area contributed by atoms with E-state index in [0.29, 0.717) is 18.8 Å². The molecular formula is C25H27N5O3. The van der Waals surface area contributed by atoms with Gasteiger partial charge in [-0.25, -0.2) is 4.98 Å². The Bertz CT molecular complexity index is 1350. The minimum atomic E-state index is -0.822. The van der Waals surface area contributed by atoms with Gasteiger partial charge in [-0.05, 0) is 61.2 Å². The first-order valence-electron chi connectivity index (χ1n) is 11.2. The number of nitrogens with zero attached hydrogens (tertiary/aromatic N) is 3. The van der Waals surface area contributed by atoms with E-state index in [4.69, 9.17) is 4.98 Å². The topological polar surface area (TPSA) is 118 Å². The Morgan fingerprint density at radius 3 is 2.79 bits per heavy atom. The molecule has 1 aliphatic rings. The number of aryl methyl sites for hydroxylation is 1. The molecule has 5 rings (SSSR count). The largest absolute Gasteiger partial charge is 0.508 e. The maximum absolute atomic E-state index is 11.8. The highest BCUT2D eigenvalue weighted by atomic mass is 16.4. The highest BCUT2D eigenvalue weighted by molar-refractivity contribution is 5.94. The van der Waals surface area contributed by atoms with Crippen LogP contribution in [0.2, 0.25) is 0 Å². The number of phenols is 1. The van der Waals surface area contributed by atoms with E-state index in [1.807, 2.05) is 30.9 Å². The summed E-state index contributed by atoms with van der Waals surface area (Å²) in [4.78, 5) is 21.9. The molecule has 2 aromatic heterocycles. The summed E-state index contributed by atoms with van der Waals surface area (Å²) in [6.45, 7) is 6.60. The zero-order chi connectivity index (χ0) is 23.3. The molecule has 0 radical (unpaired) electrons. The van der Waals surface area contributed by atoms with Gasteiger partial charge in [-0.1, -0.05) is 19.1 Å². The van der Waals surface area contributed by atoms with Gasteiger partial charge in [0.1, 0.15) is 17.5 Å². The number of hydrogen-bond acceptors (Lipinski definition) is 5. The summed E-state index contributed by atoms with van der Waals surface area (Å²) in [6, 6.07) is 11.1. The van der Waals surface area contributed by atoms with Crippen LogP contribution >= 0.6 is 0 Å². The first kappa shape index (κ1) is 21.2. The minimum absolute atomic E-state index is 0.114. The van der Waals surface area contributed by atoms with Crippen molar-refractivity contribution in [1.29, 1.82) is 0 Å². The van der Waals surface area contributed by atoms with E-state index in [1.165, 1.54) is 0 Å². The Morgan fingerprint density at radius 1 is 1.24 bits per heavy atom. The molecule has 4 aromatic rings. The average Bonchev–Trinajstić information content (AvgIpc) is 3.40. The normalized spacial score (nSPS) is 16.4. The smallest absolute Gasteiger partial charge is 0.321 e. The fourth-order valence-electron chi connectivity index (χ4n) is 4.74. The molecule has 8 nitrogen and oxygen atoms in total. The van der Waals surface area contributed by atoms with E-state index >= 15 is 0 Å². The summed E-state index contributed by atoms with van der Waals surface area (Å²) in [7, 11) is 0. The third-order valence-electron chi connectivity index (χ3n) is 6.51. The van der Waals surface area contributed by atoms with Crippen molar-refractivity contribution in [3.05, 3.63) is 53.3 Å². The number of aromatic nitrogens is 4. The Hall–Kier alpha value is -3.65. The molecule has 0 unspecified atom stereocenters. The van der Waals surface area contributed by atoms with Gasteiger partial charge in [-0.15, -0.1) is 0 Å². The molecule has 4 N–H and O–H groups in total. The van der Waals surface area contributed by atoms with Crippen molar-refractivity contribution in [3.63, 3.8) is 0 Å². The van der Waals surface area contributed by atoms with Crippen LogP contribution in [0.25, 0.3) is 33.5 Å². The van der Waals surface area contributed by atoms with Crippen molar-refractivity contribution in [2.75, 3.05) is 0 Å². The van der Waals surface area contributed by atoms with Gasteiger partial charge >= 0.3 is 5.97 Å². The number of nitrogens with one attached hydrogen (secondary N) is 2. The second-order valence-electron chi connectivity index (χ2n) is 8.86. The first-order chi connectivity index (χ1) is 15.9. The molecule has 33 heavy (non-hydrogen) atoms. The second-order valence-corrected chi connectivity index (χ2v) is 8.86. The van der Waals surface area contributed by atoms with Gasteiger partial charge in [-0.2, -0.15) is 5.10 Å². The highest BCUT2D eigenvalue weighted by Crippen LogP contribution is 2.33. The number of benzene rings is 2. The summed E-state index contributed by atoms with van der Waals surface area (Å²) < 4.78 is 0. The molecule has 0 bridgehead atoms. The lowest BCUT2D eigenvalue weighted by atomic mass is 9.97. The van der Waals surface area contributed by atoms with E-state index in [-0.39, 0.29) is 11.8 Å². The van der Waals surface area contributed by atoms with Gasteiger partial charge < -0.3 is 15.2 Å². The maximum atomic E-state index is 11.8. The predicted octanol–water partition coefficient (Wildman–Crippen LogP) is 4.11. The van der Waals surface area contributed by atoms with Crippen LogP contribution in [0.5, 0.6) is 5.75 Å². The average molecular weight is 446 g/mol. The van der Waals surface area contributed by atoms with E-state index in [1.54, 1.807) is 12.1 Å². The molecule has 1 aliphatic heterocycles. The number of rotatable bonds is 5. The number of H-pyrrole nitrogens is 2. The van der Waals surface area contributed by atoms with Crippen molar-refractivity contribution in [1.82, 2.24) is 25.1 Å². The van der Waals surface area contributed by atoms with E-state index in [0.717, 1.165) is 51.1 Å². The van der Waals surface area contributed by atoms with Crippen LogP contribution in [0.1, 0.15) is 37.7 Å². The standard InChI is InChI=1S/C25H27N5O3/c1-4-14-9-16(31)6-8-17(14)15-5-7-18-19(10-15)28-29-23(18)24-26-20-11-22(25(32)33)30(13(2)3)12-21(20)27-24/h5-10,13,22,31H,4,11-12H2,1-3H3,(H,26,27)(H,28,29)(H,32,33)/t22-/m0/s1. The lowest BCUT2D eigenvalue weighted by molar-refractivity contribution is -0.144. The van der Waals surface area contributed by atoms with Crippen molar-refractivity contribution in [3.8, 4) is 28.4 Å². The van der Waals surface area contributed by atoms with Gasteiger partial charge in [0.05, 0.1) is 16.9 Å². The number of carboxylic acids is 1. The van der Waals surface area contributed by atoms with E-state index in [2.05, 4.69) is 34.2 Å². The lowest BCUT2D eigenvalue weighted by Gasteiger charge is -2.35. The quantitative estimate of drug-likeness (QED) is 0.367. The molecule has 0 fully saturated rings. The second kappa shape index (κ2) is 8.04. The van der Waals surface area contributed by atoms with Crippen LogP contribution in [0.4, 0.5) is 0 Å². The number of fused-ring (bicyclic) bond motifs is 2. The molecule has 3 heterocycles. The number of hydrogen-bond donors (Lipinski definition) is 4. The Balaban J connectivity index is 1.52. The van der Waals surface area contributed by atoms with Crippen molar-refractivity contribution in [2.45, 2.75) is 52.2 Å². The number of carbonyl (C=O) groups is 1. The minimum Gasteiger partial charge on any atom is -0.508 e. The molecule has 0 amide bonds.